The van der Waals surface area contributed by atoms with Crippen LogP contribution in [0.2, 0.25) is 0 Å². The molecule has 0 N–H and O–H groups in total. The molecule has 5 heavy (non-hydrogen) atoms. The molecule has 0 aromatic heterocycles. The Labute approximate surface area is 28.0 Å². The molecule has 0 saturated heterocycles. The lowest BCUT2D eigenvalue weighted by molar-refractivity contribution is -0.114. The Hall–Kier alpha value is -0.930. The van der Waals surface area contributed by atoms with Gasteiger partial charge in [-0.2, -0.15) is 0 Å². The second-order valence-electron chi connectivity index (χ2n) is 0.605. The van der Waals surface area contributed by atoms with Crippen LogP contribution in [0.3, 0.4) is 0 Å². The summed E-state index contributed by atoms with van der Waals surface area (Å²) in [5.74, 6) is 0. The number of hydrogen-bond acceptors (Lipinski definition) is 3. The predicted octanol–water partition coefficient (Wildman–Crippen LogP) is -0.259. The first-order valence-corrected chi connectivity index (χ1v) is 1.09. The Kier molecular flexibility index (Phi) is 0.237. The SMILES string of the molecule is O=CN1N=N1. The molecule has 26 valence electrons. The summed E-state index contributed by atoms with van der Waals surface area (Å²) >= 11 is 0. The molecule has 0 aliphatic carbocycles. The van der Waals surface area contributed by atoms with E-state index in [0.717, 1.165) is 5.12 Å². The van der Waals surface area contributed by atoms with Gasteiger partial charge in [0.25, 0.3) is 6.41 Å². The number of amides is 1. The summed E-state index contributed by atoms with van der Waals surface area (Å²) in [5, 5.41) is 7.17. The van der Waals surface area contributed by atoms with Crippen LogP contribution in [0.25, 0.3) is 0 Å². The van der Waals surface area contributed by atoms with E-state index in [0.29, 0.717) is 6.41 Å². The van der Waals surface area contributed by atoms with Gasteiger partial charge in [-0.15, -0.1) is 0 Å². The summed E-state index contributed by atoms with van der Waals surface area (Å²) in [6.07, 6.45) is 0.528. The monoisotopic (exact) mass is 71.0 g/mol. The molecule has 0 aromatic rings. The Morgan fingerprint density at radius 3 is 2.20 bits per heavy atom. The summed E-state index contributed by atoms with van der Waals surface area (Å²) < 4.78 is 0. The molecule has 0 unspecified atom stereocenters. The van der Waals surface area contributed by atoms with Gasteiger partial charge in [0, 0.05) is 0 Å². The molecule has 0 bridgehead atoms. The van der Waals surface area contributed by atoms with Crippen molar-refractivity contribution in [1.29, 1.82) is 0 Å². The summed E-state index contributed by atoms with van der Waals surface area (Å²) in [4.78, 5) is 9.31. The second-order valence-corrected chi connectivity index (χ2v) is 0.605. The van der Waals surface area contributed by atoms with Crippen molar-refractivity contribution in [3.63, 3.8) is 0 Å². The topological polar surface area (TPSA) is 44.8 Å². The van der Waals surface area contributed by atoms with E-state index in [1.54, 1.807) is 0 Å². The molecular formula is CHN3O. The van der Waals surface area contributed by atoms with E-state index in [1.807, 2.05) is 0 Å². The van der Waals surface area contributed by atoms with E-state index in [1.165, 1.54) is 0 Å². The van der Waals surface area contributed by atoms with E-state index in [4.69, 9.17) is 0 Å². The van der Waals surface area contributed by atoms with Gasteiger partial charge < -0.3 is 0 Å². The molecule has 4 heteroatoms. The van der Waals surface area contributed by atoms with Crippen LogP contribution in [-0.2, 0) is 4.79 Å². The Bertz CT molecular complexity index is 71.0. The Morgan fingerprint density at radius 1 is 1.60 bits per heavy atom. The zero-order valence-electron chi connectivity index (χ0n) is 2.33. The largest absolute Gasteiger partial charge is 0.274 e. The van der Waals surface area contributed by atoms with Crippen molar-refractivity contribution in [3.8, 4) is 0 Å². The van der Waals surface area contributed by atoms with E-state index in [9.17, 15) is 4.79 Å². The van der Waals surface area contributed by atoms with Crippen molar-refractivity contribution < 1.29 is 4.79 Å². The first-order valence-electron chi connectivity index (χ1n) is 1.09. The minimum atomic E-state index is 0.528. The fourth-order valence-corrected chi connectivity index (χ4v) is 0.0653. The quantitative estimate of drug-likeness (QED) is 0.393. The zero-order valence-corrected chi connectivity index (χ0v) is 2.33. The van der Waals surface area contributed by atoms with Crippen LogP contribution < -0.4 is 0 Å². The average Bonchev–Trinajstić information content (AvgIpc) is 2.12. The smallest absolute Gasteiger partial charge is 0.256 e. The number of rotatable bonds is 1. The van der Waals surface area contributed by atoms with Crippen molar-refractivity contribution in [2.24, 2.45) is 10.4 Å². The molecule has 1 amide bonds. The molecule has 0 spiro atoms. The predicted molar refractivity (Wildman–Crippen MR) is 12.8 cm³/mol. The number of carbonyl (C=O) groups excluding carboxylic acids is 1. The number of carbonyl (C=O) groups is 1. The third kappa shape index (κ3) is 0.212. The van der Waals surface area contributed by atoms with Crippen LogP contribution in [0, 0.1) is 0 Å². The van der Waals surface area contributed by atoms with E-state index >= 15 is 0 Å². The van der Waals surface area contributed by atoms with Crippen LogP contribution in [0.5, 0.6) is 0 Å². The molecule has 1 heterocycles. The van der Waals surface area contributed by atoms with Gasteiger partial charge in [0.1, 0.15) is 0 Å². The molecule has 1 aliphatic rings. The lowest BCUT2D eigenvalue weighted by atomic mass is 11.4. The second kappa shape index (κ2) is 0.512. The third-order valence-corrected chi connectivity index (χ3v) is 0.287. The lowest BCUT2D eigenvalue weighted by Gasteiger charge is -1.61. The fraction of sp³-hybridized carbons (Fsp3) is 0. The van der Waals surface area contributed by atoms with Crippen molar-refractivity contribution in [1.82, 2.24) is 5.12 Å². The Morgan fingerprint density at radius 2 is 2.20 bits per heavy atom. The maximum Gasteiger partial charge on any atom is 0.256 e. The van der Waals surface area contributed by atoms with Gasteiger partial charge in [-0.05, 0) is 10.4 Å². The van der Waals surface area contributed by atoms with Crippen LogP contribution >= 0.6 is 0 Å². The molecular weight excluding hydrogens is 70.0 g/mol. The average molecular weight is 71.0 g/mol. The molecule has 0 aromatic carbocycles. The molecule has 0 radical (unpaired) electrons. The minimum absolute atomic E-state index is 0.528. The minimum Gasteiger partial charge on any atom is -0.274 e. The maximum atomic E-state index is 9.31. The van der Waals surface area contributed by atoms with Gasteiger partial charge in [0.05, 0.1) is 0 Å². The number of nitrogens with zero attached hydrogens (tertiary/aromatic N) is 3. The van der Waals surface area contributed by atoms with Gasteiger partial charge in [-0.25, -0.2) is 0 Å². The van der Waals surface area contributed by atoms with E-state index in [2.05, 4.69) is 10.4 Å². The summed E-state index contributed by atoms with van der Waals surface area (Å²) in [5.41, 5.74) is 0. The van der Waals surface area contributed by atoms with Crippen molar-refractivity contribution in [3.05, 3.63) is 0 Å². The highest BCUT2D eigenvalue weighted by atomic mass is 16.2. The van der Waals surface area contributed by atoms with Gasteiger partial charge in [-0.1, -0.05) is 5.12 Å². The zero-order chi connectivity index (χ0) is 3.70. The van der Waals surface area contributed by atoms with Gasteiger partial charge in [-0.3, -0.25) is 4.79 Å². The van der Waals surface area contributed by atoms with Gasteiger partial charge >= 0.3 is 0 Å². The maximum absolute atomic E-state index is 9.31. The van der Waals surface area contributed by atoms with Crippen molar-refractivity contribution >= 4 is 6.41 Å². The normalized spacial score (nSPS) is 15.6. The first-order chi connectivity index (χ1) is 2.43. The molecule has 0 atom stereocenters. The third-order valence-electron chi connectivity index (χ3n) is 0.287. The summed E-state index contributed by atoms with van der Waals surface area (Å²) in [7, 11) is 0. The fourth-order valence-electron chi connectivity index (χ4n) is 0.0653. The molecule has 4 nitrogen and oxygen atoms in total. The highest BCUT2D eigenvalue weighted by Gasteiger charge is 2.04. The van der Waals surface area contributed by atoms with Gasteiger partial charge in [0.15, 0.2) is 0 Å². The summed E-state index contributed by atoms with van der Waals surface area (Å²) in [6.45, 7) is 0. The van der Waals surface area contributed by atoms with E-state index in [-0.39, 0.29) is 0 Å². The standard InChI is InChI=1S/CHN3O/c5-1-4-2-3-4/h1H. The summed E-state index contributed by atoms with van der Waals surface area (Å²) in [6, 6.07) is 0. The van der Waals surface area contributed by atoms with E-state index < -0.39 is 0 Å². The van der Waals surface area contributed by atoms with Crippen LogP contribution in [0.4, 0.5) is 0 Å². The van der Waals surface area contributed by atoms with Crippen molar-refractivity contribution in [2.75, 3.05) is 0 Å². The van der Waals surface area contributed by atoms with Crippen LogP contribution in [0.15, 0.2) is 10.4 Å². The lowest BCUT2D eigenvalue weighted by Crippen LogP contribution is -1.84. The van der Waals surface area contributed by atoms with Gasteiger partial charge in [0.2, 0.25) is 0 Å². The molecule has 0 fully saturated rings. The van der Waals surface area contributed by atoms with Crippen molar-refractivity contribution in [2.45, 2.75) is 0 Å². The molecule has 1 aliphatic heterocycles. The first kappa shape index (κ1) is 2.32. The highest BCUT2D eigenvalue weighted by Crippen LogP contribution is 1.99. The van der Waals surface area contributed by atoms with Crippen LogP contribution in [0.1, 0.15) is 0 Å². The number of hydrogen-bond donors (Lipinski definition) is 0. The molecule has 1 rings (SSSR count). The van der Waals surface area contributed by atoms with Crippen LogP contribution in [-0.4, -0.2) is 11.5 Å². The Balaban J connectivity index is 2.28. The molecule has 0 saturated carbocycles. The highest BCUT2D eigenvalue weighted by molar-refractivity contribution is 5.46.